The van der Waals surface area contributed by atoms with Crippen molar-refractivity contribution in [1.29, 1.82) is 0 Å². The molecule has 1 unspecified atom stereocenters. The predicted molar refractivity (Wildman–Crippen MR) is 52.4 cm³/mol. The van der Waals surface area contributed by atoms with Gasteiger partial charge in [-0.15, -0.1) is 0 Å². The van der Waals surface area contributed by atoms with Gasteiger partial charge in [0.05, 0.1) is 6.04 Å². The topological polar surface area (TPSA) is 46.2 Å². The molecule has 0 spiro atoms. The fourth-order valence-corrected chi connectivity index (χ4v) is 0.876. The number of amides is 1. The maximum atomic E-state index is 11.3. The van der Waals surface area contributed by atoms with E-state index in [1.54, 1.807) is 6.92 Å². The summed E-state index contributed by atoms with van der Waals surface area (Å²) in [4.78, 5) is 22.1. The van der Waals surface area contributed by atoms with Gasteiger partial charge < -0.3 is 5.32 Å². The van der Waals surface area contributed by atoms with Crippen molar-refractivity contribution >= 4 is 11.7 Å². The lowest BCUT2D eigenvalue weighted by Crippen LogP contribution is -2.38. The van der Waals surface area contributed by atoms with Crippen molar-refractivity contribution in [2.75, 3.05) is 0 Å². The molecule has 0 aliphatic rings. The second-order valence-electron chi connectivity index (χ2n) is 4.64. The van der Waals surface area contributed by atoms with E-state index in [9.17, 15) is 9.59 Å². The van der Waals surface area contributed by atoms with Gasteiger partial charge in [-0.25, -0.2) is 0 Å². The first-order valence-corrected chi connectivity index (χ1v) is 4.52. The van der Waals surface area contributed by atoms with Crippen LogP contribution < -0.4 is 5.32 Å². The molecule has 1 N–H and O–H groups in total. The quantitative estimate of drug-likeness (QED) is 0.724. The SMILES string of the molecule is CC(=O)C(C)NC(=O)CC(C)(C)C. The van der Waals surface area contributed by atoms with Crippen LogP contribution >= 0.6 is 0 Å². The van der Waals surface area contributed by atoms with Crippen LogP contribution in [-0.2, 0) is 9.59 Å². The summed E-state index contributed by atoms with van der Waals surface area (Å²) in [5.41, 5.74) is -0.0272. The number of carbonyl (C=O) groups excluding carboxylic acids is 2. The van der Waals surface area contributed by atoms with Crippen LogP contribution in [0.4, 0.5) is 0 Å². The zero-order chi connectivity index (χ0) is 10.6. The van der Waals surface area contributed by atoms with E-state index >= 15 is 0 Å². The van der Waals surface area contributed by atoms with Gasteiger partial charge in [0.1, 0.15) is 0 Å². The molecule has 0 heterocycles. The summed E-state index contributed by atoms with van der Waals surface area (Å²) in [6, 6.07) is -0.366. The molecule has 1 amide bonds. The number of carbonyl (C=O) groups is 2. The first-order valence-electron chi connectivity index (χ1n) is 4.52. The second-order valence-corrected chi connectivity index (χ2v) is 4.64. The molecule has 0 aliphatic heterocycles. The van der Waals surface area contributed by atoms with Crippen LogP contribution in [-0.4, -0.2) is 17.7 Å². The van der Waals surface area contributed by atoms with Gasteiger partial charge in [-0.05, 0) is 19.3 Å². The molecule has 3 nitrogen and oxygen atoms in total. The molecule has 0 aromatic carbocycles. The normalized spacial score (nSPS) is 13.6. The van der Waals surface area contributed by atoms with E-state index in [-0.39, 0.29) is 23.1 Å². The zero-order valence-electron chi connectivity index (χ0n) is 9.10. The minimum absolute atomic E-state index is 0.0118. The summed E-state index contributed by atoms with van der Waals surface area (Å²) in [7, 11) is 0. The molecule has 0 fully saturated rings. The molecule has 0 bridgehead atoms. The molecule has 0 saturated heterocycles. The Labute approximate surface area is 79.9 Å². The maximum absolute atomic E-state index is 11.3. The van der Waals surface area contributed by atoms with Crippen LogP contribution in [0.3, 0.4) is 0 Å². The number of nitrogens with one attached hydrogen (secondary N) is 1. The highest BCUT2D eigenvalue weighted by molar-refractivity contribution is 5.87. The first-order chi connectivity index (χ1) is 5.72. The number of hydrogen-bond acceptors (Lipinski definition) is 2. The monoisotopic (exact) mass is 185 g/mol. The van der Waals surface area contributed by atoms with E-state index in [2.05, 4.69) is 5.32 Å². The molecular weight excluding hydrogens is 166 g/mol. The molecule has 76 valence electrons. The van der Waals surface area contributed by atoms with Crippen molar-refractivity contribution < 1.29 is 9.59 Å². The molecule has 0 saturated carbocycles. The Kier molecular flexibility index (Phi) is 4.11. The Bertz CT molecular complexity index is 203. The van der Waals surface area contributed by atoms with Crippen LogP contribution in [0.1, 0.15) is 41.0 Å². The molecule has 0 aromatic rings. The third kappa shape index (κ3) is 6.31. The lowest BCUT2D eigenvalue weighted by Gasteiger charge is -2.18. The third-order valence-electron chi connectivity index (χ3n) is 1.68. The molecule has 0 aromatic heterocycles. The van der Waals surface area contributed by atoms with E-state index in [0.717, 1.165) is 0 Å². The Hall–Kier alpha value is -0.860. The lowest BCUT2D eigenvalue weighted by molar-refractivity contribution is -0.127. The van der Waals surface area contributed by atoms with Crippen molar-refractivity contribution in [3.63, 3.8) is 0 Å². The summed E-state index contributed by atoms with van der Waals surface area (Å²) in [5.74, 6) is -0.0718. The van der Waals surface area contributed by atoms with Crippen LogP contribution in [0.15, 0.2) is 0 Å². The fourth-order valence-electron chi connectivity index (χ4n) is 0.876. The van der Waals surface area contributed by atoms with Crippen molar-refractivity contribution in [3.05, 3.63) is 0 Å². The molecule has 3 heteroatoms. The van der Waals surface area contributed by atoms with E-state index < -0.39 is 0 Å². The number of rotatable bonds is 3. The first kappa shape index (κ1) is 12.1. The molecule has 1 atom stereocenters. The highest BCUT2D eigenvalue weighted by Gasteiger charge is 2.18. The fraction of sp³-hybridized carbons (Fsp3) is 0.800. The maximum Gasteiger partial charge on any atom is 0.221 e. The van der Waals surface area contributed by atoms with Gasteiger partial charge >= 0.3 is 0 Å². The predicted octanol–water partition coefficient (Wildman–Crippen LogP) is 1.52. The van der Waals surface area contributed by atoms with Gasteiger partial charge in [-0.1, -0.05) is 20.8 Å². The Morgan fingerprint density at radius 3 is 2.08 bits per heavy atom. The number of ketones is 1. The average Bonchev–Trinajstić information content (AvgIpc) is 1.81. The lowest BCUT2D eigenvalue weighted by atomic mass is 9.92. The summed E-state index contributed by atoms with van der Waals surface area (Å²) in [6.07, 6.45) is 0.449. The largest absolute Gasteiger partial charge is 0.347 e. The highest BCUT2D eigenvalue weighted by Crippen LogP contribution is 2.17. The summed E-state index contributed by atoms with van der Waals surface area (Å²) >= 11 is 0. The van der Waals surface area contributed by atoms with E-state index in [0.29, 0.717) is 6.42 Å². The van der Waals surface area contributed by atoms with Gasteiger partial charge in [-0.2, -0.15) is 0 Å². The van der Waals surface area contributed by atoms with Gasteiger partial charge in [0.2, 0.25) is 5.91 Å². The molecule has 0 aliphatic carbocycles. The molecule has 0 rings (SSSR count). The van der Waals surface area contributed by atoms with Gasteiger partial charge in [0, 0.05) is 6.42 Å². The van der Waals surface area contributed by atoms with Crippen molar-refractivity contribution in [1.82, 2.24) is 5.32 Å². The van der Waals surface area contributed by atoms with Crippen molar-refractivity contribution in [2.24, 2.45) is 5.41 Å². The summed E-state index contributed by atoms with van der Waals surface area (Å²) in [5, 5.41) is 2.65. The third-order valence-corrected chi connectivity index (χ3v) is 1.68. The highest BCUT2D eigenvalue weighted by atomic mass is 16.2. The van der Waals surface area contributed by atoms with Crippen molar-refractivity contribution in [2.45, 2.75) is 47.1 Å². The average molecular weight is 185 g/mol. The van der Waals surface area contributed by atoms with E-state index in [4.69, 9.17) is 0 Å². The number of Topliss-reactive ketones (excluding diaryl/α,β-unsaturated/α-hetero) is 1. The van der Waals surface area contributed by atoms with Crippen LogP contribution in [0.25, 0.3) is 0 Å². The Morgan fingerprint density at radius 2 is 1.77 bits per heavy atom. The van der Waals surface area contributed by atoms with Crippen LogP contribution in [0.5, 0.6) is 0 Å². The minimum atomic E-state index is -0.366. The van der Waals surface area contributed by atoms with Gasteiger partial charge in [-0.3, -0.25) is 9.59 Å². The molecule has 13 heavy (non-hydrogen) atoms. The van der Waals surface area contributed by atoms with Crippen LogP contribution in [0.2, 0.25) is 0 Å². The Balaban J connectivity index is 3.96. The zero-order valence-corrected chi connectivity index (χ0v) is 9.10. The van der Waals surface area contributed by atoms with Gasteiger partial charge in [0.15, 0.2) is 5.78 Å². The Morgan fingerprint density at radius 1 is 1.31 bits per heavy atom. The molecular formula is C10H19NO2. The standard InChI is InChI=1S/C10H19NO2/c1-7(8(2)12)11-9(13)6-10(3,4)5/h7H,6H2,1-5H3,(H,11,13). The summed E-state index contributed by atoms with van der Waals surface area (Å²) in [6.45, 7) is 9.14. The smallest absolute Gasteiger partial charge is 0.221 e. The van der Waals surface area contributed by atoms with E-state index in [1.165, 1.54) is 6.92 Å². The molecule has 0 radical (unpaired) electrons. The van der Waals surface area contributed by atoms with E-state index in [1.807, 2.05) is 20.8 Å². The second kappa shape index (κ2) is 4.40. The van der Waals surface area contributed by atoms with Crippen LogP contribution in [0, 0.1) is 5.41 Å². The summed E-state index contributed by atoms with van der Waals surface area (Å²) < 4.78 is 0. The number of hydrogen-bond donors (Lipinski definition) is 1. The van der Waals surface area contributed by atoms with Crippen molar-refractivity contribution in [3.8, 4) is 0 Å². The minimum Gasteiger partial charge on any atom is -0.347 e. The van der Waals surface area contributed by atoms with Gasteiger partial charge in [0.25, 0.3) is 0 Å².